The van der Waals surface area contributed by atoms with E-state index < -0.39 is 0 Å². The molecule has 0 unspecified atom stereocenters. The molecule has 0 radical (unpaired) electrons. The first kappa shape index (κ1) is 21.8. The SMILES string of the molecule is CCOc1ccc(C(=O)NC(=N)c2cccc(CN3CCCC3)c2C)cc1OCC. The summed E-state index contributed by atoms with van der Waals surface area (Å²) in [6.45, 7) is 9.93. The zero-order chi connectivity index (χ0) is 21.5. The molecule has 1 aliphatic heterocycles. The first-order valence-corrected chi connectivity index (χ1v) is 10.6. The van der Waals surface area contributed by atoms with Gasteiger partial charge in [0.05, 0.1) is 13.2 Å². The minimum Gasteiger partial charge on any atom is -0.490 e. The topological polar surface area (TPSA) is 74.7 Å². The second kappa shape index (κ2) is 10.3. The van der Waals surface area contributed by atoms with Gasteiger partial charge in [-0.2, -0.15) is 0 Å². The van der Waals surface area contributed by atoms with Crippen LogP contribution in [-0.4, -0.2) is 42.9 Å². The lowest BCUT2D eigenvalue weighted by Crippen LogP contribution is -2.31. The molecule has 2 aromatic rings. The number of benzene rings is 2. The first-order valence-electron chi connectivity index (χ1n) is 10.6. The number of hydrogen-bond acceptors (Lipinski definition) is 5. The summed E-state index contributed by atoms with van der Waals surface area (Å²) in [5.41, 5.74) is 3.41. The van der Waals surface area contributed by atoms with Gasteiger partial charge in [0.15, 0.2) is 11.5 Å². The molecule has 0 saturated carbocycles. The molecule has 1 heterocycles. The smallest absolute Gasteiger partial charge is 0.256 e. The van der Waals surface area contributed by atoms with E-state index in [-0.39, 0.29) is 11.7 Å². The molecule has 0 aliphatic carbocycles. The predicted octanol–water partition coefficient (Wildman–Crippen LogP) is 4.14. The summed E-state index contributed by atoms with van der Waals surface area (Å²) in [5.74, 6) is 0.903. The minimum atomic E-state index is -0.339. The molecule has 0 spiro atoms. The van der Waals surface area contributed by atoms with Gasteiger partial charge in [0, 0.05) is 17.7 Å². The van der Waals surface area contributed by atoms with Crippen LogP contribution in [0.1, 0.15) is 53.7 Å². The molecule has 160 valence electrons. The lowest BCUT2D eigenvalue weighted by molar-refractivity contribution is 0.0976. The Hall–Kier alpha value is -2.86. The van der Waals surface area contributed by atoms with Gasteiger partial charge in [0.25, 0.3) is 5.91 Å². The normalized spacial score (nSPS) is 13.8. The van der Waals surface area contributed by atoms with Crippen LogP contribution in [0.5, 0.6) is 11.5 Å². The van der Waals surface area contributed by atoms with Crippen molar-refractivity contribution in [2.45, 2.75) is 40.2 Å². The van der Waals surface area contributed by atoms with Crippen LogP contribution in [0.25, 0.3) is 0 Å². The van der Waals surface area contributed by atoms with Crippen LogP contribution in [0.2, 0.25) is 0 Å². The van der Waals surface area contributed by atoms with Crippen LogP contribution in [0.3, 0.4) is 0 Å². The lowest BCUT2D eigenvalue weighted by atomic mass is 10.0. The zero-order valence-electron chi connectivity index (χ0n) is 18.1. The van der Waals surface area contributed by atoms with Crippen molar-refractivity contribution < 1.29 is 14.3 Å². The summed E-state index contributed by atoms with van der Waals surface area (Å²) in [5, 5.41) is 11.2. The maximum atomic E-state index is 12.8. The van der Waals surface area contributed by atoms with E-state index in [2.05, 4.69) is 16.3 Å². The third-order valence-electron chi connectivity index (χ3n) is 5.35. The van der Waals surface area contributed by atoms with Crippen LogP contribution < -0.4 is 14.8 Å². The van der Waals surface area contributed by atoms with Crippen molar-refractivity contribution in [2.75, 3.05) is 26.3 Å². The third kappa shape index (κ3) is 5.19. The summed E-state index contributed by atoms with van der Waals surface area (Å²) >= 11 is 0. The first-order chi connectivity index (χ1) is 14.5. The van der Waals surface area contributed by atoms with Gasteiger partial charge < -0.3 is 14.8 Å². The van der Waals surface area contributed by atoms with Gasteiger partial charge in [-0.15, -0.1) is 0 Å². The summed E-state index contributed by atoms with van der Waals surface area (Å²) in [6.07, 6.45) is 2.49. The number of carbonyl (C=O) groups is 1. The van der Waals surface area contributed by atoms with E-state index in [0.29, 0.717) is 30.3 Å². The summed E-state index contributed by atoms with van der Waals surface area (Å²) < 4.78 is 11.2. The highest BCUT2D eigenvalue weighted by Crippen LogP contribution is 2.28. The fraction of sp³-hybridized carbons (Fsp3) is 0.417. The van der Waals surface area contributed by atoms with Crippen molar-refractivity contribution in [3.8, 4) is 11.5 Å². The van der Waals surface area contributed by atoms with Crippen LogP contribution in [-0.2, 0) is 6.54 Å². The quantitative estimate of drug-likeness (QED) is 0.507. The van der Waals surface area contributed by atoms with E-state index in [0.717, 1.165) is 30.8 Å². The molecular formula is C24H31N3O3. The Kier molecular flexibility index (Phi) is 7.46. The van der Waals surface area contributed by atoms with Crippen molar-refractivity contribution in [1.82, 2.24) is 10.2 Å². The molecular weight excluding hydrogens is 378 g/mol. The van der Waals surface area contributed by atoms with Crippen LogP contribution in [0.4, 0.5) is 0 Å². The number of ether oxygens (including phenoxy) is 2. The van der Waals surface area contributed by atoms with Gasteiger partial charge in [-0.1, -0.05) is 18.2 Å². The molecule has 1 amide bonds. The molecule has 2 aromatic carbocycles. The molecule has 1 fully saturated rings. The monoisotopic (exact) mass is 409 g/mol. The second-order valence-corrected chi connectivity index (χ2v) is 7.43. The van der Waals surface area contributed by atoms with E-state index in [1.54, 1.807) is 18.2 Å². The number of amidine groups is 1. The van der Waals surface area contributed by atoms with Crippen molar-refractivity contribution in [2.24, 2.45) is 0 Å². The molecule has 2 N–H and O–H groups in total. The molecule has 1 aliphatic rings. The van der Waals surface area contributed by atoms with Crippen molar-refractivity contribution in [3.05, 3.63) is 58.7 Å². The molecule has 6 heteroatoms. The van der Waals surface area contributed by atoms with Crippen LogP contribution in [0, 0.1) is 12.3 Å². The Morgan fingerprint density at radius 1 is 1.07 bits per heavy atom. The Morgan fingerprint density at radius 2 is 1.77 bits per heavy atom. The van der Waals surface area contributed by atoms with Gasteiger partial charge in [-0.05, 0) is 76.0 Å². The van der Waals surface area contributed by atoms with E-state index in [9.17, 15) is 4.79 Å². The standard InChI is InChI=1S/C24H31N3O3/c1-4-29-21-12-11-18(15-22(21)30-5-2)24(28)26-23(25)20-10-8-9-19(17(20)3)16-27-13-6-7-14-27/h8-12,15H,4-7,13-14,16H2,1-3H3,(H2,25,26,28). The van der Waals surface area contributed by atoms with Crippen LogP contribution >= 0.6 is 0 Å². The Balaban J connectivity index is 1.74. The molecule has 3 rings (SSSR count). The van der Waals surface area contributed by atoms with Crippen molar-refractivity contribution >= 4 is 11.7 Å². The average molecular weight is 410 g/mol. The zero-order valence-corrected chi connectivity index (χ0v) is 18.1. The van der Waals surface area contributed by atoms with E-state index >= 15 is 0 Å². The average Bonchev–Trinajstić information content (AvgIpc) is 3.24. The predicted molar refractivity (Wildman–Crippen MR) is 119 cm³/mol. The Labute approximate surface area is 178 Å². The van der Waals surface area contributed by atoms with Gasteiger partial charge in [0.1, 0.15) is 5.84 Å². The van der Waals surface area contributed by atoms with Crippen LogP contribution in [0.15, 0.2) is 36.4 Å². The second-order valence-electron chi connectivity index (χ2n) is 7.43. The number of carbonyl (C=O) groups excluding carboxylic acids is 1. The number of hydrogen-bond donors (Lipinski definition) is 2. The molecule has 6 nitrogen and oxygen atoms in total. The van der Waals surface area contributed by atoms with Gasteiger partial charge in [-0.25, -0.2) is 0 Å². The highest BCUT2D eigenvalue weighted by atomic mass is 16.5. The molecule has 30 heavy (non-hydrogen) atoms. The van der Waals surface area contributed by atoms with E-state index in [1.807, 2.05) is 32.9 Å². The molecule has 0 bridgehead atoms. The molecule has 0 atom stereocenters. The number of nitrogens with zero attached hydrogens (tertiary/aromatic N) is 1. The van der Waals surface area contributed by atoms with Gasteiger partial charge >= 0.3 is 0 Å². The summed E-state index contributed by atoms with van der Waals surface area (Å²) in [6, 6.07) is 11.0. The molecule has 0 aromatic heterocycles. The van der Waals surface area contributed by atoms with Crippen molar-refractivity contribution in [3.63, 3.8) is 0 Å². The van der Waals surface area contributed by atoms with Gasteiger partial charge in [0.2, 0.25) is 0 Å². The largest absolute Gasteiger partial charge is 0.490 e. The van der Waals surface area contributed by atoms with E-state index in [4.69, 9.17) is 14.9 Å². The fourth-order valence-electron chi connectivity index (χ4n) is 3.75. The maximum absolute atomic E-state index is 12.8. The number of amides is 1. The summed E-state index contributed by atoms with van der Waals surface area (Å²) in [4.78, 5) is 15.2. The fourth-order valence-corrected chi connectivity index (χ4v) is 3.75. The van der Waals surface area contributed by atoms with E-state index in [1.165, 1.54) is 18.4 Å². The Bertz CT molecular complexity index is 905. The third-order valence-corrected chi connectivity index (χ3v) is 5.35. The minimum absolute atomic E-state index is 0.104. The number of likely N-dealkylation sites (tertiary alicyclic amines) is 1. The maximum Gasteiger partial charge on any atom is 0.256 e. The highest BCUT2D eigenvalue weighted by Gasteiger charge is 2.17. The molecule has 1 saturated heterocycles. The van der Waals surface area contributed by atoms with Gasteiger partial charge in [-0.3, -0.25) is 15.1 Å². The number of nitrogens with one attached hydrogen (secondary N) is 2. The summed E-state index contributed by atoms with van der Waals surface area (Å²) in [7, 11) is 0. The van der Waals surface area contributed by atoms with Crippen molar-refractivity contribution in [1.29, 1.82) is 5.41 Å². The Morgan fingerprint density at radius 3 is 2.47 bits per heavy atom. The highest BCUT2D eigenvalue weighted by molar-refractivity contribution is 6.12. The number of rotatable bonds is 8. The lowest BCUT2D eigenvalue weighted by Gasteiger charge is -2.18.